The zero-order valence-electron chi connectivity index (χ0n) is 9.47. The summed E-state index contributed by atoms with van der Waals surface area (Å²) in [6, 6.07) is 7.16. The lowest BCUT2D eigenvalue weighted by molar-refractivity contribution is 0.0795. The SMILES string of the molecule is COc1ccccc1C(=O)N(C)CCN.Cl. The number of rotatable bonds is 4. The van der Waals surface area contributed by atoms with Crippen molar-refractivity contribution < 1.29 is 9.53 Å². The Bertz CT molecular complexity index is 345. The number of benzene rings is 1. The van der Waals surface area contributed by atoms with E-state index in [1.807, 2.05) is 12.1 Å². The van der Waals surface area contributed by atoms with Crippen LogP contribution in [0.2, 0.25) is 0 Å². The third kappa shape index (κ3) is 3.40. The molecule has 0 aliphatic carbocycles. The van der Waals surface area contributed by atoms with Gasteiger partial charge in [0.2, 0.25) is 0 Å². The number of ether oxygens (including phenoxy) is 1. The summed E-state index contributed by atoms with van der Waals surface area (Å²) in [4.78, 5) is 13.5. The van der Waals surface area contributed by atoms with E-state index < -0.39 is 0 Å². The van der Waals surface area contributed by atoms with Gasteiger partial charge in [0, 0.05) is 20.1 Å². The third-order valence-electron chi connectivity index (χ3n) is 2.15. The zero-order valence-corrected chi connectivity index (χ0v) is 10.3. The lowest BCUT2D eigenvalue weighted by Gasteiger charge is -2.17. The van der Waals surface area contributed by atoms with Gasteiger partial charge in [0.1, 0.15) is 5.75 Å². The molecule has 0 saturated carbocycles. The van der Waals surface area contributed by atoms with Crippen LogP contribution in [0.4, 0.5) is 0 Å². The molecule has 0 bridgehead atoms. The number of nitrogens with zero attached hydrogens (tertiary/aromatic N) is 1. The minimum atomic E-state index is -0.0714. The summed E-state index contributed by atoms with van der Waals surface area (Å²) in [5.41, 5.74) is 5.96. The summed E-state index contributed by atoms with van der Waals surface area (Å²) in [5.74, 6) is 0.518. The molecule has 0 spiro atoms. The molecule has 1 rings (SSSR count). The number of para-hydroxylation sites is 1. The van der Waals surface area contributed by atoms with Gasteiger partial charge < -0.3 is 15.4 Å². The largest absolute Gasteiger partial charge is 0.496 e. The Labute approximate surface area is 102 Å². The lowest BCUT2D eigenvalue weighted by atomic mass is 10.2. The Morgan fingerprint density at radius 2 is 2.06 bits per heavy atom. The summed E-state index contributed by atoms with van der Waals surface area (Å²) in [6.07, 6.45) is 0. The minimum absolute atomic E-state index is 0. The second-order valence-corrected chi connectivity index (χ2v) is 3.22. The van der Waals surface area contributed by atoms with Gasteiger partial charge in [0.25, 0.3) is 5.91 Å². The highest BCUT2D eigenvalue weighted by Gasteiger charge is 2.14. The molecule has 0 aromatic heterocycles. The fraction of sp³-hybridized carbons (Fsp3) is 0.364. The zero-order chi connectivity index (χ0) is 11.3. The highest BCUT2D eigenvalue weighted by molar-refractivity contribution is 5.96. The summed E-state index contributed by atoms with van der Waals surface area (Å²) in [6.45, 7) is 0.994. The van der Waals surface area contributed by atoms with Gasteiger partial charge in [0.05, 0.1) is 12.7 Å². The van der Waals surface area contributed by atoms with Crippen molar-refractivity contribution in [2.45, 2.75) is 0 Å². The van der Waals surface area contributed by atoms with Gasteiger partial charge in [-0.2, -0.15) is 0 Å². The highest BCUT2D eigenvalue weighted by atomic mass is 35.5. The highest BCUT2D eigenvalue weighted by Crippen LogP contribution is 2.18. The average Bonchev–Trinajstić information content (AvgIpc) is 2.28. The van der Waals surface area contributed by atoms with E-state index >= 15 is 0 Å². The first kappa shape index (κ1) is 14.7. The summed E-state index contributed by atoms with van der Waals surface area (Å²) >= 11 is 0. The molecule has 1 amide bonds. The second-order valence-electron chi connectivity index (χ2n) is 3.22. The van der Waals surface area contributed by atoms with E-state index in [0.717, 1.165) is 0 Å². The first-order chi connectivity index (χ1) is 7.20. The van der Waals surface area contributed by atoms with Gasteiger partial charge >= 0.3 is 0 Å². The molecule has 1 aromatic rings. The van der Waals surface area contributed by atoms with Gasteiger partial charge in [-0.1, -0.05) is 12.1 Å². The normalized spacial score (nSPS) is 9.19. The molecule has 0 fully saturated rings. The molecule has 1 aromatic carbocycles. The van der Waals surface area contributed by atoms with E-state index in [1.165, 1.54) is 0 Å². The summed E-state index contributed by atoms with van der Waals surface area (Å²) < 4.78 is 5.12. The van der Waals surface area contributed by atoms with Gasteiger partial charge in [-0.3, -0.25) is 4.79 Å². The van der Waals surface area contributed by atoms with E-state index in [9.17, 15) is 4.79 Å². The number of methoxy groups -OCH3 is 1. The second kappa shape index (κ2) is 7.09. The van der Waals surface area contributed by atoms with Crippen LogP contribution in [0.5, 0.6) is 5.75 Å². The number of hydrogen-bond donors (Lipinski definition) is 1. The molecule has 2 N–H and O–H groups in total. The molecule has 0 aliphatic heterocycles. The van der Waals surface area contributed by atoms with Crippen molar-refractivity contribution in [1.82, 2.24) is 4.90 Å². The van der Waals surface area contributed by atoms with Crippen LogP contribution in [0.1, 0.15) is 10.4 Å². The van der Waals surface area contributed by atoms with Crippen LogP contribution < -0.4 is 10.5 Å². The van der Waals surface area contributed by atoms with Crippen LogP contribution in [0.25, 0.3) is 0 Å². The molecule has 0 unspecified atom stereocenters. The predicted octanol–water partition coefficient (Wildman–Crippen LogP) is 1.15. The quantitative estimate of drug-likeness (QED) is 0.865. The van der Waals surface area contributed by atoms with Crippen LogP contribution in [-0.2, 0) is 0 Å². The van der Waals surface area contributed by atoms with E-state index in [2.05, 4.69) is 0 Å². The smallest absolute Gasteiger partial charge is 0.257 e. The van der Waals surface area contributed by atoms with Crippen LogP contribution in [0.15, 0.2) is 24.3 Å². The van der Waals surface area contributed by atoms with Crippen molar-refractivity contribution in [2.24, 2.45) is 5.73 Å². The van der Waals surface area contributed by atoms with Gasteiger partial charge in [-0.15, -0.1) is 12.4 Å². The van der Waals surface area contributed by atoms with E-state index in [1.54, 1.807) is 31.2 Å². The van der Waals surface area contributed by atoms with E-state index in [-0.39, 0.29) is 18.3 Å². The van der Waals surface area contributed by atoms with Crippen LogP contribution in [-0.4, -0.2) is 38.1 Å². The Hall–Kier alpha value is -1.26. The topological polar surface area (TPSA) is 55.6 Å². The number of nitrogens with two attached hydrogens (primary N) is 1. The molecular weight excluding hydrogens is 228 g/mol. The Morgan fingerprint density at radius 3 is 2.62 bits per heavy atom. The van der Waals surface area contributed by atoms with Crippen molar-refractivity contribution in [1.29, 1.82) is 0 Å². The monoisotopic (exact) mass is 244 g/mol. The molecule has 0 aliphatic rings. The first-order valence-electron chi connectivity index (χ1n) is 4.79. The van der Waals surface area contributed by atoms with Crippen molar-refractivity contribution in [3.05, 3.63) is 29.8 Å². The standard InChI is InChI=1S/C11H16N2O2.ClH/c1-13(8-7-12)11(14)9-5-3-4-6-10(9)15-2;/h3-6H,7-8,12H2,1-2H3;1H. The van der Waals surface area contributed by atoms with Crippen LogP contribution in [0.3, 0.4) is 0 Å². The molecular formula is C11H17ClN2O2. The number of amides is 1. The molecule has 0 saturated heterocycles. The summed E-state index contributed by atoms with van der Waals surface area (Å²) in [5, 5.41) is 0. The lowest BCUT2D eigenvalue weighted by Crippen LogP contribution is -2.31. The number of carbonyl (C=O) groups is 1. The summed E-state index contributed by atoms with van der Waals surface area (Å²) in [7, 11) is 3.27. The van der Waals surface area contributed by atoms with Gasteiger partial charge in [0.15, 0.2) is 0 Å². The Morgan fingerprint density at radius 1 is 1.44 bits per heavy atom. The van der Waals surface area contributed by atoms with Gasteiger partial charge in [-0.05, 0) is 12.1 Å². The van der Waals surface area contributed by atoms with Crippen molar-refractivity contribution >= 4 is 18.3 Å². The molecule has 90 valence electrons. The van der Waals surface area contributed by atoms with Crippen molar-refractivity contribution in [3.63, 3.8) is 0 Å². The molecule has 16 heavy (non-hydrogen) atoms. The molecule has 0 heterocycles. The molecule has 0 radical (unpaired) electrons. The van der Waals surface area contributed by atoms with E-state index in [4.69, 9.17) is 10.5 Å². The Balaban J connectivity index is 0.00000225. The Kier molecular flexibility index (Phi) is 6.53. The maximum absolute atomic E-state index is 11.9. The number of likely N-dealkylation sites (N-methyl/N-ethyl adjacent to an activating group) is 1. The fourth-order valence-electron chi connectivity index (χ4n) is 1.32. The predicted molar refractivity (Wildman–Crippen MR) is 66.3 cm³/mol. The van der Waals surface area contributed by atoms with Crippen molar-refractivity contribution in [3.8, 4) is 5.75 Å². The van der Waals surface area contributed by atoms with Crippen LogP contribution in [0, 0.1) is 0 Å². The maximum atomic E-state index is 11.9. The van der Waals surface area contributed by atoms with Gasteiger partial charge in [-0.25, -0.2) is 0 Å². The minimum Gasteiger partial charge on any atom is -0.496 e. The number of carbonyl (C=O) groups excluding carboxylic acids is 1. The number of hydrogen-bond acceptors (Lipinski definition) is 3. The maximum Gasteiger partial charge on any atom is 0.257 e. The molecule has 4 nitrogen and oxygen atoms in total. The van der Waals surface area contributed by atoms with Crippen LogP contribution >= 0.6 is 12.4 Å². The third-order valence-corrected chi connectivity index (χ3v) is 2.15. The van der Waals surface area contributed by atoms with E-state index in [0.29, 0.717) is 24.4 Å². The average molecular weight is 245 g/mol. The number of halogens is 1. The molecule has 0 atom stereocenters. The fourth-order valence-corrected chi connectivity index (χ4v) is 1.32. The van der Waals surface area contributed by atoms with Crippen molar-refractivity contribution in [2.75, 3.05) is 27.2 Å². The first-order valence-corrected chi connectivity index (χ1v) is 4.79. The molecule has 5 heteroatoms.